The summed E-state index contributed by atoms with van der Waals surface area (Å²) in [5.74, 6) is -0.0799. The summed E-state index contributed by atoms with van der Waals surface area (Å²) in [4.78, 5) is 55.0. The van der Waals surface area contributed by atoms with Gasteiger partial charge in [0.15, 0.2) is 0 Å². The predicted octanol–water partition coefficient (Wildman–Crippen LogP) is 2.71. The van der Waals surface area contributed by atoms with Crippen LogP contribution in [0.15, 0.2) is 97.1 Å². The van der Waals surface area contributed by atoms with Crippen molar-refractivity contribution in [3.8, 4) is 0 Å². The molecule has 13 heteroatoms. The van der Waals surface area contributed by atoms with Gasteiger partial charge in [-0.3, -0.25) is 19.2 Å². The number of amides is 4. The van der Waals surface area contributed by atoms with E-state index < -0.39 is 5.91 Å². The van der Waals surface area contributed by atoms with Gasteiger partial charge in [-0.15, -0.1) is 23.2 Å². The number of benzene rings is 4. The first-order chi connectivity index (χ1) is 25.1. The lowest BCUT2D eigenvalue weighted by atomic mass is 10.1. The Morgan fingerprint density at radius 2 is 1.13 bits per heavy atom. The van der Waals surface area contributed by atoms with E-state index in [1.54, 1.807) is 72.8 Å². The SMILES string of the molecule is C[NH+](C)CCCNC(=O)c1cccc(NC(=O)c2cccc(NC(=O)c3cccc(NC(=O)CCCc4ccc(N(CCCl)CCCl)cc4)c3)c2)c1.[Cl-]. The number of quaternary nitrogens is 1. The second-order valence-corrected chi connectivity index (χ2v) is 13.4. The monoisotopic (exact) mass is 780 g/mol. The van der Waals surface area contributed by atoms with Crippen LogP contribution < -0.4 is 43.5 Å². The number of anilines is 4. The molecule has 0 fully saturated rings. The lowest BCUT2D eigenvalue weighted by Gasteiger charge is -2.23. The lowest BCUT2D eigenvalue weighted by Crippen LogP contribution is -3.05. The highest BCUT2D eigenvalue weighted by molar-refractivity contribution is 6.18. The Balaban J connectivity index is 0.00000756. The van der Waals surface area contributed by atoms with Gasteiger partial charge in [0.2, 0.25) is 5.91 Å². The van der Waals surface area contributed by atoms with Gasteiger partial charge in [0, 0.05) is 83.7 Å². The van der Waals surface area contributed by atoms with Crippen molar-refractivity contribution in [2.24, 2.45) is 0 Å². The third-order valence-electron chi connectivity index (χ3n) is 8.19. The Kier molecular flexibility index (Phi) is 18.1. The van der Waals surface area contributed by atoms with Crippen molar-refractivity contribution in [3.05, 3.63) is 119 Å². The Labute approximate surface area is 328 Å². The number of hydrogen-bond donors (Lipinski definition) is 5. The lowest BCUT2D eigenvalue weighted by molar-refractivity contribution is -0.858. The summed E-state index contributed by atoms with van der Waals surface area (Å²) in [5.41, 5.74) is 4.75. The second-order valence-electron chi connectivity index (χ2n) is 12.7. The molecule has 0 unspecified atom stereocenters. The molecule has 0 saturated carbocycles. The highest BCUT2D eigenvalue weighted by Gasteiger charge is 2.13. The average molecular weight is 782 g/mol. The van der Waals surface area contributed by atoms with Gasteiger partial charge in [-0.05, 0) is 85.1 Å². The molecule has 282 valence electrons. The van der Waals surface area contributed by atoms with Gasteiger partial charge in [-0.25, -0.2) is 0 Å². The van der Waals surface area contributed by atoms with Gasteiger partial charge in [0.25, 0.3) is 17.7 Å². The zero-order valence-electron chi connectivity index (χ0n) is 30.0. The average Bonchev–Trinajstić information content (AvgIpc) is 3.14. The molecule has 0 heterocycles. The zero-order valence-corrected chi connectivity index (χ0v) is 32.3. The molecule has 0 spiro atoms. The Hall–Kier alpha value is -4.61. The smallest absolute Gasteiger partial charge is 0.255 e. The predicted molar refractivity (Wildman–Crippen MR) is 212 cm³/mol. The van der Waals surface area contributed by atoms with Gasteiger partial charge >= 0.3 is 0 Å². The molecular weight excluding hydrogens is 735 g/mol. The summed E-state index contributed by atoms with van der Waals surface area (Å²) < 4.78 is 0. The summed E-state index contributed by atoms with van der Waals surface area (Å²) in [6.07, 6.45) is 2.61. The fraction of sp³-hybridized carbons (Fsp3) is 0.300. The fourth-order valence-corrected chi connectivity index (χ4v) is 5.90. The van der Waals surface area contributed by atoms with Gasteiger partial charge in [0.05, 0.1) is 20.6 Å². The molecule has 4 rings (SSSR count). The number of hydrogen-bond acceptors (Lipinski definition) is 5. The van der Waals surface area contributed by atoms with Crippen LogP contribution >= 0.6 is 23.2 Å². The van der Waals surface area contributed by atoms with Crippen LogP contribution in [-0.4, -0.2) is 75.7 Å². The molecule has 5 N–H and O–H groups in total. The molecule has 0 aliphatic heterocycles. The summed E-state index contributed by atoms with van der Waals surface area (Å²) in [6.45, 7) is 2.97. The minimum absolute atomic E-state index is 0. The molecule has 0 saturated heterocycles. The van der Waals surface area contributed by atoms with Crippen LogP contribution in [0.25, 0.3) is 0 Å². The molecule has 4 amide bonds. The maximum atomic E-state index is 13.1. The minimum atomic E-state index is -0.390. The molecule has 0 radical (unpaired) electrons. The highest BCUT2D eigenvalue weighted by atomic mass is 35.5. The number of rotatable bonds is 19. The first-order valence-electron chi connectivity index (χ1n) is 17.4. The van der Waals surface area contributed by atoms with Crippen LogP contribution in [0.2, 0.25) is 0 Å². The number of nitrogens with zero attached hydrogens (tertiary/aromatic N) is 1. The maximum Gasteiger partial charge on any atom is 0.255 e. The fourth-order valence-electron chi connectivity index (χ4n) is 5.49. The van der Waals surface area contributed by atoms with E-state index >= 15 is 0 Å². The number of aryl methyl sites for hydroxylation is 1. The largest absolute Gasteiger partial charge is 1.00 e. The van der Waals surface area contributed by atoms with Crippen LogP contribution in [0, 0.1) is 0 Å². The van der Waals surface area contributed by atoms with Crippen molar-refractivity contribution in [2.75, 3.05) is 72.9 Å². The summed E-state index contributed by atoms with van der Waals surface area (Å²) in [7, 11) is 4.13. The summed E-state index contributed by atoms with van der Waals surface area (Å²) in [6, 6.07) is 28.2. The Morgan fingerprint density at radius 1 is 0.642 bits per heavy atom. The molecule has 4 aromatic carbocycles. The van der Waals surface area contributed by atoms with Crippen LogP contribution in [-0.2, 0) is 11.2 Å². The van der Waals surface area contributed by atoms with Crippen molar-refractivity contribution in [1.29, 1.82) is 0 Å². The number of halogens is 3. The van der Waals surface area contributed by atoms with E-state index in [9.17, 15) is 19.2 Å². The third kappa shape index (κ3) is 14.4. The Morgan fingerprint density at radius 3 is 1.62 bits per heavy atom. The summed E-state index contributed by atoms with van der Waals surface area (Å²) >= 11 is 11.8. The van der Waals surface area contributed by atoms with E-state index in [0.717, 1.165) is 43.7 Å². The van der Waals surface area contributed by atoms with Gasteiger partial charge in [-0.2, -0.15) is 0 Å². The molecule has 4 aromatic rings. The first kappa shape index (κ1) is 42.8. The minimum Gasteiger partial charge on any atom is -1.00 e. The van der Waals surface area contributed by atoms with Crippen LogP contribution in [0.1, 0.15) is 55.9 Å². The molecule has 0 aliphatic carbocycles. The van der Waals surface area contributed by atoms with Gasteiger partial charge in [0.1, 0.15) is 0 Å². The third-order valence-corrected chi connectivity index (χ3v) is 8.53. The number of carbonyl (C=O) groups excluding carboxylic acids is 4. The molecule has 0 aromatic heterocycles. The van der Waals surface area contributed by atoms with E-state index in [2.05, 4.69) is 64.5 Å². The topological polar surface area (TPSA) is 124 Å². The normalized spacial score (nSPS) is 10.6. The van der Waals surface area contributed by atoms with E-state index in [1.807, 2.05) is 0 Å². The van der Waals surface area contributed by atoms with E-state index in [4.69, 9.17) is 23.2 Å². The van der Waals surface area contributed by atoms with Gasteiger partial charge < -0.3 is 43.5 Å². The van der Waals surface area contributed by atoms with Crippen LogP contribution in [0.5, 0.6) is 0 Å². The second kappa shape index (κ2) is 22.5. The standard InChI is InChI=1S/C40H46Cl2N6O4.ClH/c1-47(2)23-7-22-43-38(50)30-9-4-13-34(26-30)45-40(52)32-11-6-14-35(28-32)46-39(51)31-10-5-12-33(27-31)44-37(49)15-3-8-29-16-18-36(19-17-29)48(24-20-41)25-21-42;/h4-6,9-14,16-19,26-28H,3,7-8,15,20-25H2,1-2H3,(H,43,50)(H,44,49)(H,45,52)(H,46,51);1H. The van der Waals surface area contributed by atoms with Crippen LogP contribution in [0.4, 0.5) is 22.7 Å². The summed E-state index contributed by atoms with van der Waals surface area (Å²) in [5, 5.41) is 11.4. The first-order valence-corrected chi connectivity index (χ1v) is 18.5. The highest BCUT2D eigenvalue weighted by Crippen LogP contribution is 2.19. The molecular formula is C40H47Cl3N6O4. The number of alkyl halides is 2. The molecule has 0 aliphatic rings. The van der Waals surface area contributed by atoms with E-state index in [0.29, 0.717) is 64.9 Å². The number of nitrogens with one attached hydrogen (secondary N) is 5. The molecule has 0 bridgehead atoms. The van der Waals surface area contributed by atoms with Crippen LogP contribution in [0.3, 0.4) is 0 Å². The molecule has 0 atom stereocenters. The van der Waals surface area contributed by atoms with Crippen molar-refractivity contribution in [1.82, 2.24) is 5.32 Å². The van der Waals surface area contributed by atoms with Crippen molar-refractivity contribution in [2.45, 2.75) is 25.7 Å². The molecule has 10 nitrogen and oxygen atoms in total. The van der Waals surface area contributed by atoms with E-state index in [1.165, 1.54) is 4.90 Å². The number of carbonyl (C=O) groups is 4. The van der Waals surface area contributed by atoms with E-state index in [-0.39, 0.29) is 30.1 Å². The quantitative estimate of drug-likeness (QED) is 0.0741. The molecule has 53 heavy (non-hydrogen) atoms. The van der Waals surface area contributed by atoms with Crippen molar-refractivity contribution < 1.29 is 36.5 Å². The Bertz CT molecular complexity index is 1800. The maximum absolute atomic E-state index is 13.1. The van der Waals surface area contributed by atoms with Gasteiger partial charge in [-0.1, -0.05) is 30.3 Å². The van der Waals surface area contributed by atoms with Crippen molar-refractivity contribution in [3.63, 3.8) is 0 Å². The zero-order chi connectivity index (χ0) is 37.3. The van der Waals surface area contributed by atoms with Crippen molar-refractivity contribution >= 4 is 69.6 Å².